The molecule has 1 aromatic rings. The molecule has 1 aromatic heterocycles. The first kappa shape index (κ1) is 13.4. The highest BCUT2D eigenvalue weighted by Crippen LogP contribution is 2.29. The quantitative estimate of drug-likeness (QED) is 0.906. The molecule has 9 heteroatoms. The summed E-state index contributed by atoms with van der Waals surface area (Å²) in [6, 6.07) is 0. The van der Waals surface area contributed by atoms with Gasteiger partial charge in [0.25, 0.3) is 0 Å². The minimum absolute atomic E-state index is 0.291. The van der Waals surface area contributed by atoms with Crippen LogP contribution in [-0.2, 0) is 4.79 Å². The Hall–Kier alpha value is -1.64. The molecule has 0 aliphatic carbocycles. The van der Waals surface area contributed by atoms with Gasteiger partial charge < -0.3 is 5.11 Å². The number of nitrogens with zero attached hydrogens (tertiary/aromatic N) is 2. The molecule has 0 bridgehead atoms. The maximum Gasteiger partial charge on any atom is 0.471 e. The van der Waals surface area contributed by atoms with Gasteiger partial charge in [-0.3, -0.25) is 9.69 Å². The van der Waals surface area contributed by atoms with E-state index in [0.29, 0.717) is 16.2 Å². The van der Waals surface area contributed by atoms with E-state index in [1.54, 1.807) is 0 Å². The Morgan fingerprint density at radius 2 is 2.12 bits per heavy atom. The van der Waals surface area contributed by atoms with Crippen LogP contribution < -0.4 is 4.90 Å². The standard InChI is InChI=1S/C8H7F3N2O3S/c1-2-13(7(16)8(9,10)11)5-4(6(14)15)12-3-17-5/h3H,2H2,1H3,(H,14,15). The van der Waals surface area contributed by atoms with Crippen LogP contribution in [0.15, 0.2) is 5.51 Å². The van der Waals surface area contributed by atoms with Crippen LogP contribution in [0.5, 0.6) is 0 Å². The number of aromatic carboxylic acids is 1. The maximum absolute atomic E-state index is 12.3. The topological polar surface area (TPSA) is 70.5 Å². The minimum Gasteiger partial charge on any atom is -0.476 e. The summed E-state index contributed by atoms with van der Waals surface area (Å²) in [4.78, 5) is 25.5. The fraction of sp³-hybridized carbons (Fsp3) is 0.375. The average Bonchev–Trinajstić information content (AvgIpc) is 2.66. The number of hydrogen-bond acceptors (Lipinski definition) is 4. The minimum atomic E-state index is -5.05. The number of alkyl halides is 3. The van der Waals surface area contributed by atoms with Crippen LogP contribution in [0.1, 0.15) is 17.4 Å². The molecule has 94 valence electrons. The third kappa shape index (κ3) is 2.73. The first-order valence-electron chi connectivity index (χ1n) is 4.34. The van der Waals surface area contributed by atoms with Crippen molar-refractivity contribution in [3.63, 3.8) is 0 Å². The van der Waals surface area contributed by atoms with Crippen LogP contribution in [0.2, 0.25) is 0 Å². The van der Waals surface area contributed by atoms with Crippen LogP contribution in [0.4, 0.5) is 18.2 Å². The number of carboxylic acid groups (broad SMARTS) is 1. The van der Waals surface area contributed by atoms with E-state index >= 15 is 0 Å². The van der Waals surface area contributed by atoms with Crippen molar-refractivity contribution in [3.05, 3.63) is 11.2 Å². The highest BCUT2D eigenvalue weighted by molar-refractivity contribution is 7.14. The van der Waals surface area contributed by atoms with Crippen molar-refractivity contribution in [1.82, 2.24) is 4.98 Å². The third-order valence-corrected chi connectivity index (χ3v) is 2.65. The summed E-state index contributed by atoms with van der Waals surface area (Å²) in [6.07, 6.45) is -5.05. The molecule has 0 unspecified atom stereocenters. The summed E-state index contributed by atoms with van der Waals surface area (Å²) in [6.45, 7) is 1.02. The Labute approximate surface area is 97.5 Å². The molecule has 17 heavy (non-hydrogen) atoms. The molecule has 0 aliphatic rings. The molecule has 0 aliphatic heterocycles. The molecule has 1 heterocycles. The summed E-state index contributed by atoms with van der Waals surface area (Å²) in [5, 5.41) is 8.39. The smallest absolute Gasteiger partial charge is 0.471 e. The SMILES string of the molecule is CCN(C(=O)C(F)(F)F)c1scnc1C(=O)O. The number of carboxylic acids is 1. The molecule has 5 nitrogen and oxygen atoms in total. The number of thiazole rings is 1. The summed E-state index contributed by atoms with van der Waals surface area (Å²) in [5.41, 5.74) is 0.514. The number of carbonyl (C=O) groups excluding carboxylic acids is 1. The van der Waals surface area contributed by atoms with E-state index in [1.165, 1.54) is 6.92 Å². The van der Waals surface area contributed by atoms with Gasteiger partial charge in [-0.1, -0.05) is 0 Å². The second-order valence-electron chi connectivity index (χ2n) is 2.86. The fourth-order valence-electron chi connectivity index (χ4n) is 1.11. The normalized spacial score (nSPS) is 11.3. The monoisotopic (exact) mass is 268 g/mol. The van der Waals surface area contributed by atoms with Crippen LogP contribution in [0, 0.1) is 0 Å². The van der Waals surface area contributed by atoms with E-state index in [1.807, 2.05) is 0 Å². The third-order valence-electron chi connectivity index (χ3n) is 1.80. The predicted octanol–water partition coefficient (Wildman–Crippen LogP) is 1.76. The Bertz CT molecular complexity index is 443. The zero-order valence-corrected chi connectivity index (χ0v) is 9.30. The lowest BCUT2D eigenvalue weighted by molar-refractivity contribution is -0.170. The van der Waals surface area contributed by atoms with E-state index in [2.05, 4.69) is 4.98 Å². The van der Waals surface area contributed by atoms with Gasteiger partial charge in [-0.05, 0) is 6.92 Å². The fourth-order valence-corrected chi connectivity index (χ4v) is 1.96. The van der Waals surface area contributed by atoms with E-state index in [4.69, 9.17) is 5.11 Å². The van der Waals surface area contributed by atoms with E-state index in [0.717, 1.165) is 5.51 Å². The molecule has 0 saturated carbocycles. The van der Waals surface area contributed by atoms with Crippen molar-refractivity contribution in [2.45, 2.75) is 13.1 Å². The van der Waals surface area contributed by atoms with Crippen molar-refractivity contribution >= 4 is 28.2 Å². The van der Waals surface area contributed by atoms with Gasteiger partial charge in [0, 0.05) is 6.54 Å². The van der Waals surface area contributed by atoms with Crippen molar-refractivity contribution < 1.29 is 27.9 Å². The number of anilines is 1. The van der Waals surface area contributed by atoms with E-state index in [9.17, 15) is 22.8 Å². The lowest BCUT2D eigenvalue weighted by atomic mass is 10.4. The number of halogens is 3. The summed E-state index contributed by atoms with van der Waals surface area (Å²) >= 11 is 0.668. The Morgan fingerprint density at radius 1 is 1.53 bits per heavy atom. The van der Waals surface area contributed by atoms with Gasteiger partial charge in [0.2, 0.25) is 0 Å². The lowest BCUT2D eigenvalue weighted by Gasteiger charge is -2.20. The molecule has 0 aromatic carbocycles. The van der Waals surface area contributed by atoms with Gasteiger partial charge >= 0.3 is 18.1 Å². The molecular weight excluding hydrogens is 261 g/mol. The highest BCUT2D eigenvalue weighted by atomic mass is 32.1. The highest BCUT2D eigenvalue weighted by Gasteiger charge is 2.43. The zero-order chi connectivity index (χ0) is 13.2. The molecular formula is C8H7F3N2O3S. The van der Waals surface area contributed by atoms with Crippen molar-refractivity contribution in [2.24, 2.45) is 0 Å². The van der Waals surface area contributed by atoms with Gasteiger partial charge in [-0.2, -0.15) is 13.2 Å². The summed E-state index contributed by atoms with van der Waals surface area (Å²) in [7, 11) is 0. The molecule has 0 fully saturated rings. The predicted molar refractivity (Wildman–Crippen MR) is 53.2 cm³/mol. The average molecular weight is 268 g/mol. The molecule has 0 spiro atoms. The first-order valence-corrected chi connectivity index (χ1v) is 5.22. The second-order valence-corrected chi connectivity index (χ2v) is 3.69. The summed E-state index contributed by atoms with van der Waals surface area (Å²) in [5.74, 6) is -3.58. The molecule has 1 N–H and O–H groups in total. The molecule has 0 saturated heterocycles. The van der Waals surface area contributed by atoms with Crippen molar-refractivity contribution in [1.29, 1.82) is 0 Å². The molecule has 0 atom stereocenters. The van der Waals surface area contributed by atoms with E-state index < -0.39 is 23.7 Å². The van der Waals surface area contributed by atoms with Gasteiger partial charge in [0.05, 0.1) is 5.51 Å². The lowest BCUT2D eigenvalue weighted by Crippen LogP contribution is -2.41. The zero-order valence-electron chi connectivity index (χ0n) is 8.48. The van der Waals surface area contributed by atoms with Crippen LogP contribution in [0.25, 0.3) is 0 Å². The Balaban J connectivity index is 3.15. The van der Waals surface area contributed by atoms with Crippen molar-refractivity contribution in [3.8, 4) is 0 Å². The number of rotatable bonds is 3. The first-order chi connectivity index (χ1) is 7.79. The van der Waals surface area contributed by atoms with Gasteiger partial charge in [0.15, 0.2) is 5.69 Å². The molecule has 1 rings (SSSR count). The number of carbonyl (C=O) groups is 2. The second kappa shape index (κ2) is 4.70. The largest absolute Gasteiger partial charge is 0.476 e. The molecule has 0 radical (unpaired) electrons. The Kier molecular flexibility index (Phi) is 3.71. The number of aromatic nitrogens is 1. The molecule has 1 amide bonds. The van der Waals surface area contributed by atoms with Gasteiger partial charge in [-0.25, -0.2) is 9.78 Å². The van der Waals surface area contributed by atoms with Gasteiger partial charge in [0.1, 0.15) is 5.00 Å². The number of amides is 1. The van der Waals surface area contributed by atoms with Crippen LogP contribution in [-0.4, -0.2) is 34.7 Å². The number of hydrogen-bond donors (Lipinski definition) is 1. The van der Waals surface area contributed by atoms with Crippen molar-refractivity contribution in [2.75, 3.05) is 11.4 Å². The van der Waals surface area contributed by atoms with E-state index in [-0.39, 0.29) is 11.5 Å². The van der Waals surface area contributed by atoms with Crippen LogP contribution >= 0.6 is 11.3 Å². The summed E-state index contributed by atoms with van der Waals surface area (Å²) < 4.78 is 36.8. The van der Waals surface area contributed by atoms with Crippen LogP contribution in [0.3, 0.4) is 0 Å². The maximum atomic E-state index is 12.3. The Morgan fingerprint density at radius 3 is 2.53 bits per heavy atom. The van der Waals surface area contributed by atoms with Gasteiger partial charge in [-0.15, -0.1) is 11.3 Å².